The summed E-state index contributed by atoms with van der Waals surface area (Å²) in [6.07, 6.45) is 3.16. The van der Waals surface area contributed by atoms with Crippen LogP contribution in [0, 0.1) is 5.92 Å². The number of likely N-dealkylation sites (tertiary alicyclic amines) is 1. The summed E-state index contributed by atoms with van der Waals surface area (Å²) in [6, 6.07) is 11.1. The molecule has 18 nitrogen and oxygen atoms in total. The summed E-state index contributed by atoms with van der Waals surface area (Å²) in [7, 11) is -4.19. The summed E-state index contributed by atoms with van der Waals surface area (Å²) in [5.41, 5.74) is 5.00. The standard InChI is InChI=1S/C43H49Cl2N7O11S/c1-2-12-32(37(54)41(58)47-22-34(53)49-35(38(46)55)24-13-6-3-7-14-24)48-40(57)33-19-26(51-64(62,63)27-17-10-5-11-18-27)23-52(33)42(59)36(25-15-8-4-9-16-25)50-39(56)28-20-30(44)31(45)21-29(28)43(60)61/h3,5-7,10-11,13-14,17-18,20-21,25-26,32-33,35-36,51H,2,4,8-9,12,15-16,19,22-23H2,1H3,(H2,46,55)(H,47,58)(H,48,57)(H,49,53)(H,50,56)(H,60,61)/t26-,32?,33+,35+,36+/m1/s1. The van der Waals surface area contributed by atoms with Crippen LogP contribution >= 0.6 is 23.2 Å². The average molecular weight is 943 g/mol. The van der Waals surface area contributed by atoms with E-state index in [1.165, 1.54) is 24.3 Å². The number of carboxylic acids is 1. The normalized spacial score (nSPS) is 17.9. The lowest BCUT2D eigenvalue weighted by atomic mass is 9.83. The van der Waals surface area contributed by atoms with Crippen molar-refractivity contribution >= 4 is 80.4 Å². The highest BCUT2D eigenvalue weighted by Crippen LogP contribution is 2.31. The highest BCUT2D eigenvalue weighted by atomic mass is 35.5. The van der Waals surface area contributed by atoms with Crippen LogP contribution in [-0.2, 0) is 38.8 Å². The number of ketones is 1. The van der Waals surface area contributed by atoms with Crippen molar-refractivity contribution in [2.75, 3.05) is 13.1 Å². The van der Waals surface area contributed by atoms with E-state index >= 15 is 0 Å². The summed E-state index contributed by atoms with van der Waals surface area (Å²) in [5.74, 6) is -8.68. The third kappa shape index (κ3) is 12.4. The molecule has 1 aliphatic heterocycles. The molecule has 3 aromatic carbocycles. The Bertz CT molecular complexity index is 2370. The summed E-state index contributed by atoms with van der Waals surface area (Å²) < 4.78 is 29.5. The minimum atomic E-state index is -4.19. The van der Waals surface area contributed by atoms with Crippen LogP contribution in [0.2, 0.25) is 10.0 Å². The Morgan fingerprint density at radius 3 is 2.05 bits per heavy atom. The summed E-state index contributed by atoms with van der Waals surface area (Å²) >= 11 is 12.2. The fourth-order valence-corrected chi connectivity index (χ4v) is 9.45. The molecule has 21 heteroatoms. The number of nitrogens with one attached hydrogen (secondary N) is 5. The van der Waals surface area contributed by atoms with Crippen molar-refractivity contribution in [1.82, 2.24) is 30.9 Å². The zero-order valence-electron chi connectivity index (χ0n) is 34.7. The van der Waals surface area contributed by atoms with Crippen LogP contribution in [0.3, 0.4) is 0 Å². The number of nitrogens with zero attached hydrogens (tertiary/aromatic N) is 1. The molecule has 3 aromatic rings. The van der Waals surface area contributed by atoms with Gasteiger partial charge in [0.1, 0.15) is 18.1 Å². The molecule has 0 bridgehead atoms. The van der Waals surface area contributed by atoms with Crippen LogP contribution < -0.4 is 31.7 Å². The molecule has 1 heterocycles. The maximum atomic E-state index is 14.9. The number of hydrogen-bond donors (Lipinski definition) is 7. The molecule has 2 fully saturated rings. The Balaban J connectivity index is 1.39. The number of carboxylic acid groups (broad SMARTS) is 1. The lowest BCUT2D eigenvalue weighted by Gasteiger charge is -2.35. The van der Waals surface area contributed by atoms with Crippen molar-refractivity contribution in [3.05, 3.63) is 99.5 Å². The first-order chi connectivity index (χ1) is 30.4. The molecular weight excluding hydrogens is 893 g/mol. The zero-order valence-corrected chi connectivity index (χ0v) is 37.0. The average Bonchev–Trinajstić information content (AvgIpc) is 3.70. The van der Waals surface area contributed by atoms with E-state index in [2.05, 4.69) is 26.0 Å². The maximum absolute atomic E-state index is 14.9. The molecule has 0 aromatic heterocycles. The van der Waals surface area contributed by atoms with Gasteiger partial charge in [-0.25, -0.2) is 17.9 Å². The van der Waals surface area contributed by atoms with Crippen LogP contribution in [0.5, 0.6) is 0 Å². The molecular formula is C43H49Cl2N7O11S. The van der Waals surface area contributed by atoms with Gasteiger partial charge in [-0.05, 0) is 61.4 Å². The number of halogens is 2. The second-order valence-electron chi connectivity index (χ2n) is 15.5. The summed E-state index contributed by atoms with van der Waals surface area (Å²) in [4.78, 5) is 108. The minimum Gasteiger partial charge on any atom is -0.478 e. The lowest BCUT2D eigenvalue weighted by Crippen LogP contribution is -2.58. The van der Waals surface area contributed by atoms with Crippen molar-refractivity contribution in [2.45, 2.75) is 93.4 Å². The summed E-state index contributed by atoms with van der Waals surface area (Å²) in [5, 5.41) is 19.5. The molecule has 342 valence electrons. The van der Waals surface area contributed by atoms with Crippen LogP contribution in [0.4, 0.5) is 0 Å². The van der Waals surface area contributed by atoms with Gasteiger partial charge in [0, 0.05) is 12.6 Å². The molecule has 64 heavy (non-hydrogen) atoms. The highest BCUT2D eigenvalue weighted by molar-refractivity contribution is 7.89. The third-order valence-electron chi connectivity index (χ3n) is 11.0. The maximum Gasteiger partial charge on any atom is 0.336 e. The predicted octanol–water partition coefficient (Wildman–Crippen LogP) is 2.63. The van der Waals surface area contributed by atoms with Crippen molar-refractivity contribution in [1.29, 1.82) is 0 Å². The Hall–Kier alpha value is -5.89. The van der Waals surface area contributed by atoms with Gasteiger partial charge in [0.15, 0.2) is 0 Å². The van der Waals surface area contributed by atoms with Crippen molar-refractivity contribution in [3.63, 3.8) is 0 Å². The van der Waals surface area contributed by atoms with Gasteiger partial charge in [-0.1, -0.05) is 104 Å². The third-order valence-corrected chi connectivity index (χ3v) is 13.3. The Morgan fingerprint density at radius 2 is 1.45 bits per heavy atom. The van der Waals surface area contributed by atoms with E-state index in [9.17, 15) is 51.9 Å². The first kappa shape index (κ1) is 49.1. The van der Waals surface area contributed by atoms with Gasteiger partial charge in [0.25, 0.3) is 11.8 Å². The second kappa shape index (κ2) is 22.1. The highest BCUT2D eigenvalue weighted by Gasteiger charge is 2.46. The van der Waals surface area contributed by atoms with E-state index in [1.807, 2.05) is 0 Å². The molecule has 0 radical (unpaired) electrons. The fourth-order valence-electron chi connectivity index (χ4n) is 7.87. The molecule has 5 rings (SSSR count). The lowest BCUT2D eigenvalue weighted by molar-refractivity contribution is -0.143. The van der Waals surface area contributed by atoms with Gasteiger partial charge in [0.05, 0.1) is 38.7 Å². The number of carbonyl (C=O) groups is 8. The fraction of sp³-hybridized carbons (Fsp3) is 0.395. The molecule has 1 aliphatic carbocycles. The van der Waals surface area contributed by atoms with Crippen molar-refractivity contribution < 1.29 is 51.9 Å². The number of primary amides is 1. The van der Waals surface area contributed by atoms with E-state index in [4.69, 9.17) is 28.9 Å². The number of hydrogen-bond acceptors (Lipinski definition) is 10. The molecule has 1 saturated heterocycles. The molecule has 1 unspecified atom stereocenters. The SMILES string of the molecule is CCCC(NC(=O)[C@@H]1C[C@@H](NS(=O)(=O)c2ccccc2)CN1C(=O)[C@@H](NC(=O)c1cc(Cl)c(Cl)cc1C(=O)O)C1CCCCC1)C(=O)C(=O)NCC(=O)N[C@H](C(N)=O)c1ccccc1. The molecule has 5 atom stereocenters. The number of Topliss-reactive ketones (excluding diaryl/α,β-unsaturated/α-hetero) is 1. The smallest absolute Gasteiger partial charge is 0.336 e. The number of rotatable bonds is 19. The van der Waals surface area contributed by atoms with Gasteiger partial charge in [0.2, 0.25) is 39.4 Å². The van der Waals surface area contributed by atoms with E-state index < -0.39 is 105 Å². The van der Waals surface area contributed by atoms with Gasteiger partial charge >= 0.3 is 5.97 Å². The molecule has 1 saturated carbocycles. The largest absolute Gasteiger partial charge is 0.478 e. The Labute approximate surface area is 379 Å². The second-order valence-corrected chi connectivity index (χ2v) is 18.1. The van der Waals surface area contributed by atoms with E-state index in [0.29, 0.717) is 31.2 Å². The number of aromatic carboxylic acids is 1. The van der Waals surface area contributed by atoms with Crippen LogP contribution in [-0.4, -0.2) is 103 Å². The molecule has 8 N–H and O–H groups in total. The minimum absolute atomic E-state index is 0.0526. The van der Waals surface area contributed by atoms with E-state index in [1.54, 1.807) is 43.3 Å². The van der Waals surface area contributed by atoms with Crippen molar-refractivity contribution in [2.24, 2.45) is 11.7 Å². The first-order valence-corrected chi connectivity index (χ1v) is 22.8. The summed E-state index contributed by atoms with van der Waals surface area (Å²) in [6.45, 7) is 0.602. The van der Waals surface area contributed by atoms with E-state index in [0.717, 1.165) is 23.5 Å². The first-order valence-electron chi connectivity index (χ1n) is 20.6. The quantitative estimate of drug-likeness (QED) is 0.0858. The number of nitrogens with two attached hydrogens (primary N) is 1. The molecule has 6 amide bonds. The van der Waals surface area contributed by atoms with Crippen LogP contribution in [0.25, 0.3) is 0 Å². The van der Waals surface area contributed by atoms with Crippen LogP contribution in [0.15, 0.2) is 77.7 Å². The number of amides is 6. The van der Waals surface area contributed by atoms with Crippen molar-refractivity contribution in [3.8, 4) is 0 Å². The van der Waals surface area contributed by atoms with Gasteiger partial charge in [-0.2, -0.15) is 0 Å². The number of carbonyl (C=O) groups excluding carboxylic acids is 7. The number of sulfonamides is 1. The molecule has 0 spiro atoms. The van der Waals surface area contributed by atoms with Gasteiger partial charge in [-0.3, -0.25) is 33.6 Å². The monoisotopic (exact) mass is 941 g/mol. The molecule has 2 aliphatic rings. The van der Waals surface area contributed by atoms with Crippen LogP contribution in [0.1, 0.15) is 90.6 Å². The Kier molecular flexibility index (Phi) is 17.0. The zero-order chi connectivity index (χ0) is 46.7. The van der Waals surface area contributed by atoms with Gasteiger partial charge in [-0.15, -0.1) is 0 Å². The number of benzene rings is 3. The predicted molar refractivity (Wildman–Crippen MR) is 233 cm³/mol. The Morgan fingerprint density at radius 1 is 0.844 bits per heavy atom. The van der Waals surface area contributed by atoms with Gasteiger partial charge < -0.3 is 37.0 Å². The van der Waals surface area contributed by atoms with E-state index in [-0.39, 0.29) is 46.3 Å². The topological polar surface area (TPSA) is 280 Å².